The first-order valence-corrected chi connectivity index (χ1v) is 6.08. The van der Waals surface area contributed by atoms with Crippen LogP contribution in [0.25, 0.3) is 22.4 Å². The molecule has 3 aromatic rings. The fraction of sp³-hybridized carbons (Fsp3) is 0.0714. The van der Waals surface area contributed by atoms with Crippen molar-refractivity contribution in [3.05, 3.63) is 47.7 Å². The number of rotatable bonds is 2. The van der Waals surface area contributed by atoms with E-state index >= 15 is 0 Å². The maximum Gasteiger partial charge on any atom is 0.164 e. The lowest BCUT2D eigenvalue weighted by atomic mass is 10.2. The highest BCUT2D eigenvalue weighted by molar-refractivity contribution is 6.34. The van der Waals surface area contributed by atoms with Gasteiger partial charge in [-0.2, -0.15) is 0 Å². The highest BCUT2D eigenvalue weighted by atomic mass is 35.5. The van der Waals surface area contributed by atoms with Gasteiger partial charge < -0.3 is 4.74 Å². The van der Waals surface area contributed by atoms with Crippen molar-refractivity contribution in [3.8, 4) is 17.1 Å². The summed E-state index contributed by atoms with van der Waals surface area (Å²) in [6.45, 7) is 0. The Bertz CT molecular complexity index is 746. The van der Waals surface area contributed by atoms with Gasteiger partial charge in [-0.25, -0.2) is 15.0 Å². The maximum atomic E-state index is 6.16. The monoisotopic (exact) mass is 271 g/mol. The number of hydrogen-bond donors (Lipinski definition) is 0. The van der Waals surface area contributed by atoms with E-state index in [0.717, 1.165) is 16.7 Å². The number of benzene rings is 1. The van der Waals surface area contributed by atoms with Crippen LogP contribution in [0.2, 0.25) is 5.15 Å². The molecule has 0 atom stereocenters. The summed E-state index contributed by atoms with van der Waals surface area (Å²) in [7, 11) is 1.62. The molecule has 1 aromatic carbocycles. The molecule has 0 aliphatic heterocycles. The van der Waals surface area contributed by atoms with Crippen molar-refractivity contribution < 1.29 is 4.74 Å². The van der Waals surface area contributed by atoms with Crippen LogP contribution < -0.4 is 4.74 Å². The Labute approximate surface area is 115 Å². The average molecular weight is 272 g/mol. The van der Waals surface area contributed by atoms with E-state index in [4.69, 9.17) is 16.3 Å². The number of aromatic nitrogens is 3. The predicted octanol–water partition coefficient (Wildman–Crippen LogP) is 3.35. The molecule has 5 heteroatoms. The standard InChI is InChI=1S/C14H10ClN3O/c1-19-10-5-2-4-9(8-10)13-17-12(15)11-6-3-7-16-14(11)18-13/h2-8H,1H3. The topological polar surface area (TPSA) is 47.9 Å². The molecule has 2 aromatic heterocycles. The van der Waals surface area contributed by atoms with E-state index in [1.54, 1.807) is 13.3 Å². The highest BCUT2D eigenvalue weighted by Crippen LogP contribution is 2.25. The van der Waals surface area contributed by atoms with Crippen molar-refractivity contribution >= 4 is 22.6 Å². The largest absolute Gasteiger partial charge is 0.497 e. The molecule has 0 amide bonds. The van der Waals surface area contributed by atoms with Gasteiger partial charge in [0.1, 0.15) is 10.9 Å². The minimum atomic E-state index is 0.399. The van der Waals surface area contributed by atoms with Crippen molar-refractivity contribution in [1.82, 2.24) is 15.0 Å². The number of pyridine rings is 1. The molecule has 0 bridgehead atoms. The Balaban J connectivity index is 2.19. The van der Waals surface area contributed by atoms with E-state index in [9.17, 15) is 0 Å². The van der Waals surface area contributed by atoms with Crippen molar-refractivity contribution in [2.75, 3.05) is 7.11 Å². The third-order valence-corrected chi connectivity index (χ3v) is 3.04. The van der Waals surface area contributed by atoms with E-state index in [1.807, 2.05) is 36.4 Å². The molecule has 0 aliphatic rings. The summed E-state index contributed by atoms with van der Waals surface area (Å²) in [6, 6.07) is 11.2. The first kappa shape index (κ1) is 11.9. The lowest BCUT2D eigenvalue weighted by Crippen LogP contribution is -1.94. The zero-order valence-electron chi connectivity index (χ0n) is 10.2. The molecule has 19 heavy (non-hydrogen) atoms. The molecule has 0 unspecified atom stereocenters. The van der Waals surface area contributed by atoms with E-state index in [-0.39, 0.29) is 0 Å². The highest BCUT2D eigenvalue weighted by Gasteiger charge is 2.08. The van der Waals surface area contributed by atoms with Gasteiger partial charge in [-0.3, -0.25) is 0 Å². The Hall–Kier alpha value is -2.20. The minimum Gasteiger partial charge on any atom is -0.497 e. The fourth-order valence-corrected chi connectivity index (χ4v) is 2.04. The van der Waals surface area contributed by atoms with E-state index < -0.39 is 0 Å². The molecule has 0 saturated heterocycles. The van der Waals surface area contributed by atoms with Gasteiger partial charge in [0.15, 0.2) is 11.5 Å². The molecule has 94 valence electrons. The maximum absolute atomic E-state index is 6.16. The van der Waals surface area contributed by atoms with Crippen molar-refractivity contribution in [2.45, 2.75) is 0 Å². The van der Waals surface area contributed by atoms with Crippen molar-refractivity contribution in [2.24, 2.45) is 0 Å². The lowest BCUT2D eigenvalue weighted by molar-refractivity contribution is 0.415. The quantitative estimate of drug-likeness (QED) is 0.671. The molecule has 3 rings (SSSR count). The smallest absolute Gasteiger partial charge is 0.164 e. The molecule has 0 saturated carbocycles. The van der Waals surface area contributed by atoms with Gasteiger partial charge in [0.05, 0.1) is 12.5 Å². The third kappa shape index (κ3) is 2.22. The van der Waals surface area contributed by atoms with Crippen LogP contribution in [0.5, 0.6) is 5.75 Å². The van der Waals surface area contributed by atoms with Gasteiger partial charge in [0.2, 0.25) is 0 Å². The molecule has 0 aliphatic carbocycles. The van der Waals surface area contributed by atoms with Gasteiger partial charge in [0, 0.05) is 11.8 Å². The molecule has 0 fully saturated rings. The van der Waals surface area contributed by atoms with Crippen molar-refractivity contribution in [1.29, 1.82) is 0 Å². The molecule has 0 radical (unpaired) electrons. The van der Waals surface area contributed by atoms with Crippen LogP contribution in [0.1, 0.15) is 0 Å². The van der Waals surface area contributed by atoms with Gasteiger partial charge in [-0.15, -0.1) is 0 Å². The first-order valence-electron chi connectivity index (χ1n) is 5.70. The lowest BCUT2D eigenvalue weighted by Gasteiger charge is -2.05. The summed E-state index contributed by atoms with van der Waals surface area (Å²) >= 11 is 6.16. The summed E-state index contributed by atoms with van der Waals surface area (Å²) in [4.78, 5) is 12.9. The van der Waals surface area contributed by atoms with Crippen LogP contribution in [0, 0.1) is 0 Å². The van der Waals surface area contributed by atoms with Crippen LogP contribution in [-0.4, -0.2) is 22.1 Å². The van der Waals surface area contributed by atoms with Gasteiger partial charge in [-0.1, -0.05) is 23.7 Å². The van der Waals surface area contributed by atoms with Crippen LogP contribution in [0.4, 0.5) is 0 Å². The second-order valence-corrected chi connectivity index (χ2v) is 4.30. The first-order chi connectivity index (χ1) is 9.28. The molecule has 4 nitrogen and oxygen atoms in total. The zero-order chi connectivity index (χ0) is 13.2. The van der Waals surface area contributed by atoms with E-state index in [1.165, 1.54) is 0 Å². The average Bonchev–Trinajstić information content (AvgIpc) is 2.47. The second kappa shape index (κ2) is 4.82. The van der Waals surface area contributed by atoms with Crippen LogP contribution >= 0.6 is 11.6 Å². The summed E-state index contributed by atoms with van der Waals surface area (Å²) in [5.41, 5.74) is 1.43. The minimum absolute atomic E-state index is 0.399. The second-order valence-electron chi connectivity index (χ2n) is 3.94. The summed E-state index contributed by atoms with van der Waals surface area (Å²) in [6.07, 6.45) is 1.68. The predicted molar refractivity (Wildman–Crippen MR) is 74.3 cm³/mol. The summed E-state index contributed by atoms with van der Waals surface area (Å²) in [5.74, 6) is 1.29. The number of nitrogens with zero attached hydrogens (tertiary/aromatic N) is 3. The van der Waals surface area contributed by atoms with Gasteiger partial charge in [0.25, 0.3) is 0 Å². The number of hydrogen-bond acceptors (Lipinski definition) is 4. The van der Waals surface area contributed by atoms with Crippen molar-refractivity contribution in [3.63, 3.8) is 0 Å². The summed E-state index contributed by atoms with van der Waals surface area (Å²) < 4.78 is 5.19. The number of ether oxygens (including phenoxy) is 1. The van der Waals surface area contributed by atoms with Gasteiger partial charge >= 0.3 is 0 Å². The Morgan fingerprint density at radius 2 is 2.00 bits per heavy atom. The summed E-state index contributed by atoms with van der Waals surface area (Å²) in [5, 5.41) is 1.15. The van der Waals surface area contributed by atoms with E-state index in [0.29, 0.717) is 16.6 Å². The number of methoxy groups -OCH3 is 1. The normalized spacial score (nSPS) is 10.6. The Morgan fingerprint density at radius 1 is 1.11 bits per heavy atom. The molecule has 2 heterocycles. The van der Waals surface area contributed by atoms with Crippen LogP contribution in [-0.2, 0) is 0 Å². The SMILES string of the molecule is COc1cccc(-c2nc(Cl)c3cccnc3n2)c1. The van der Waals surface area contributed by atoms with Crippen LogP contribution in [0.15, 0.2) is 42.6 Å². The van der Waals surface area contributed by atoms with Gasteiger partial charge in [-0.05, 0) is 24.3 Å². The third-order valence-electron chi connectivity index (χ3n) is 2.75. The zero-order valence-corrected chi connectivity index (χ0v) is 10.9. The van der Waals surface area contributed by atoms with Crippen LogP contribution in [0.3, 0.4) is 0 Å². The number of halogens is 1. The fourth-order valence-electron chi connectivity index (χ4n) is 1.82. The Morgan fingerprint density at radius 3 is 2.84 bits per heavy atom. The molecular weight excluding hydrogens is 262 g/mol. The number of fused-ring (bicyclic) bond motifs is 1. The molecule has 0 spiro atoms. The molecular formula is C14H10ClN3O. The molecule has 0 N–H and O–H groups in total. The Kier molecular flexibility index (Phi) is 3.01. The van der Waals surface area contributed by atoms with E-state index in [2.05, 4.69) is 15.0 Å².